The SMILES string of the molecule is CNc1ccc(C(C(=O)NC(C)C)N2C(=O)[C@@H](C3Cc4ccccc4C3)NC(=O)C2CC(C)C)cc1. The lowest BCUT2D eigenvalue weighted by molar-refractivity contribution is -0.158. The molecule has 0 bridgehead atoms. The predicted molar refractivity (Wildman–Crippen MR) is 141 cm³/mol. The van der Waals surface area contributed by atoms with E-state index in [0.29, 0.717) is 12.0 Å². The Kier molecular flexibility index (Phi) is 7.67. The molecule has 1 heterocycles. The van der Waals surface area contributed by atoms with Gasteiger partial charge in [0.15, 0.2) is 0 Å². The van der Waals surface area contributed by atoms with Crippen LogP contribution >= 0.6 is 0 Å². The van der Waals surface area contributed by atoms with Gasteiger partial charge in [-0.3, -0.25) is 14.4 Å². The lowest BCUT2D eigenvalue weighted by atomic mass is 9.88. The third-order valence-corrected chi connectivity index (χ3v) is 7.18. The van der Waals surface area contributed by atoms with E-state index in [9.17, 15) is 14.4 Å². The summed E-state index contributed by atoms with van der Waals surface area (Å²) in [5, 5.41) is 9.15. The zero-order valence-corrected chi connectivity index (χ0v) is 21.9. The normalized spacial score (nSPS) is 20.9. The molecule has 4 rings (SSSR count). The number of amides is 3. The minimum atomic E-state index is -0.896. The summed E-state index contributed by atoms with van der Waals surface area (Å²) in [7, 11) is 1.83. The molecule has 7 heteroatoms. The molecule has 1 aliphatic heterocycles. The zero-order chi connectivity index (χ0) is 26.0. The van der Waals surface area contributed by atoms with Crippen molar-refractivity contribution in [3.05, 3.63) is 65.2 Å². The van der Waals surface area contributed by atoms with E-state index in [1.54, 1.807) is 4.90 Å². The van der Waals surface area contributed by atoms with Crippen molar-refractivity contribution in [3.63, 3.8) is 0 Å². The average molecular weight is 491 g/mol. The molecule has 2 aliphatic rings. The third-order valence-electron chi connectivity index (χ3n) is 7.18. The second-order valence-electron chi connectivity index (χ2n) is 10.8. The summed E-state index contributed by atoms with van der Waals surface area (Å²) in [6.45, 7) is 7.85. The molecule has 3 amide bonds. The van der Waals surface area contributed by atoms with E-state index >= 15 is 0 Å². The molecule has 7 nitrogen and oxygen atoms in total. The van der Waals surface area contributed by atoms with E-state index < -0.39 is 18.1 Å². The summed E-state index contributed by atoms with van der Waals surface area (Å²) in [6, 6.07) is 13.3. The molecular formula is C29H38N4O3. The van der Waals surface area contributed by atoms with E-state index in [-0.39, 0.29) is 35.6 Å². The Morgan fingerprint density at radius 3 is 2.14 bits per heavy atom. The number of nitrogens with zero attached hydrogens (tertiary/aromatic N) is 1. The average Bonchev–Trinajstić information content (AvgIpc) is 3.27. The Morgan fingerprint density at radius 1 is 1.00 bits per heavy atom. The van der Waals surface area contributed by atoms with E-state index in [0.717, 1.165) is 18.5 Å². The van der Waals surface area contributed by atoms with Gasteiger partial charge >= 0.3 is 0 Å². The van der Waals surface area contributed by atoms with E-state index in [1.165, 1.54) is 11.1 Å². The molecule has 2 aromatic rings. The van der Waals surface area contributed by atoms with Gasteiger partial charge in [-0.1, -0.05) is 50.2 Å². The van der Waals surface area contributed by atoms with Crippen molar-refractivity contribution in [3.8, 4) is 0 Å². The van der Waals surface area contributed by atoms with Crippen LogP contribution in [0.25, 0.3) is 0 Å². The Balaban J connectivity index is 1.74. The summed E-state index contributed by atoms with van der Waals surface area (Å²) in [4.78, 5) is 43.0. The van der Waals surface area contributed by atoms with Gasteiger partial charge in [-0.2, -0.15) is 0 Å². The van der Waals surface area contributed by atoms with Crippen LogP contribution in [0, 0.1) is 11.8 Å². The Bertz CT molecular complexity index is 1090. The molecule has 1 fully saturated rings. The van der Waals surface area contributed by atoms with Crippen molar-refractivity contribution < 1.29 is 14.4 Å². The van der Waals surface area contributed by atoms with Crippen LogP contribution in [0.1, 0.15) is 56.8 Å². The number of benzene rings is 2. The van der Waals surface area contributed by atoms with Crippen LogP contribution in [0.2, 0.25) is 0 Å². The minimum absolute atomic E-state index is 0.0400. The molecule has 0 saturated carbocycles. The number of hydrogen-bond donors (Lipinski definition) is 3. The standard InChI is InChI=1S/C29H38N4O3/c1-17(2)14-24-27(34)32-25(22-15-20-8-6-7-9-21(20)16-22)29(36)33(24)26(28(35)31-18(3)4)19-10-12-23(30-5)13-11-19/h6-13,17-18,22,24-26,30H,14-16H2,1-5H3,(H,31,35)(H,32,34)/t24?,25-,26?/m1/s1. The number of hydrogen-bond acceptors (Lipinski definition) is 4. The first-order chi connectivity index (χ1) is 17.2. The van der Waals surface area contributed by atoms with Crippen molar-refractivity contribution in [1.29, 1.82) is 0 Å². The van der Waals surface area contributed by atoms with Crippen LogP contribution in [0.5, 0.6) is 0 Å². The van der Waals surface area contributed by atoms with Crippen molar-refractivity contribution in [2.45, 2.75) is 71.1 Å². The summed E-state index contributed by atoms with van der Waals surface area (Å²) < 4.78 is 0. The monoisotopic (exact) mass is 490 g/mol. The zero-order valence-electron chi connectivity index (χ0n) is 21.9. The number of fused-ring (bicyclic) bond motifs is 1. The van der Waals surface area contributed by atoms with Gasteiger partial charge in [-0.15, -0.1) is 0 Å². The summed E-state index contributed by atoms with van der Waals surface area (Å²) in [5.74, 6) is -0.504. The molecular weight excluding hydrogens is 452 g/mol. The maximum atomic E-state index is 14.2. The molecule has 1 aliphatic carbocycles. The van der Waals surface area contributed by atoms with Crippen LogP contribution in [-0.2, 0) is 27.2 Å². The second kappa shape index (κ2) is 10.7. The van der Waals surface area contributed by atoms with Crippen LogP contribution < -0.4 is 16.0 Å². The van der Waals surface area contributed by atoms with E-state index in [2.05, 4.69) is 28.1 Å². The van der Waals surface area contributed by atoms with Gasteiger partial charge < -0.3 is 20.9 Å². The highest BCUT2D eigenvalue weighted by Crippen LogP contribution is 2.35. The van der Waals surface area contributed by atoms with Crippen molar-refractivity contribution in [1.82, 2.24) is 15.5 Å². The topological polar surface area (TPSA) is 90.5 Å². The molecule has 0 radical (unpaired) electrons. The van der Waals surface area contributed by atoms with Crippen LogP contribution in [0.4, 0.5) is 5.69 Å². The van der Waals surface area contributed by atoms with Gasteiger partial charge in [-0.05, 0) is 73.8 Å². The predicted octanol–water partition coefficient (Wildman–Crippen LogP) is 3.45. The maximum absolute atomic E-state index is 14.2. The quantitative estimate of drug-likeness (QED) is 0.529. The fourth-order valence-corrected chi connectivity index (χ4v) is 5.51. The molecule has 0 aromatic heterocycles. The number of nitrogens with one attached hydrogen (secondary N) is 3. The number of carbonyl (C=O) groups is 3. The highest BCUT2D eigenvalue weighted by molar-refractivity contribution is 6.00. The first-order valence-electron chi connectivity index (χ1n) is 13.0. The van der Waals surface area contributed by atoms with Crippen LogP contribution in [-0.4, -0.2) is 47.8 Å². The number of carbonyl (C=O) groups excluding carboxylic acids is 3. The fraction of sp³-hybridized carbons (Fsp3) is 0.483. The fourth-order valence-electron chi connectivity index (χ4n) is 5.51. The smallest absolute Gasteiger partial charge is 0.247 e. The first kappa shape index (κ1) is 25.7. The van der Waals surface area contributed by atoms with Gasteiger partial charge in [0.25, 0.3) is 0 Å². The van der Waals surface area contributed by atoms with Gasteiger partial charge in [0, 0.05) is 18.8 Å². The van der Waals surface area contributed by atoms with E-state index in [4.69, 9.17) is 0 Å². The minimum Gasteiger partial charge on any atom is -0.388 e. The second-order valence-corrected chi connectivity index (χ2v) is 10.8. The van der Waals surface area contributed by atoms with Gasteiger partial charge in [0.2, 0.25) is 17.7 Å². The van der Waals surface area contributed by atoms with Crippen molar-refractivity contribution >= 4 is 23.4 Å². The molecule has 2 unspecified atom stereocenters. The summed E-state index contributed by atoms with van der Waals surface area (Å²) >= 11 is 0. The summed E-state index contributed by atoms with van der Waals surface area (Å²) in [5.41, 5.74) is 4.04. The Labute approximate surface area is 214 Å². The highest BCUT2D eigenvalue weighted by Gasteiger charge is 2.49. The highest BCUT2D eigenvalue weighted by atomic mass is 16.2. The van der Waals surface area contributed by atoms with Gasteiger partial charge in [0.05, 0.1) is 0 Å². The van der Waals surface area contributed by atoms with E-state index in [1.807, 2.05) is 71.1 Å². The molecule has 0 spiro atoms. The Hall–Kier alpha value is -3.35. The molecule has 3 atom stereocenters. The molecule has 1 saturated heterocycles. The first-order valence-corrected chi connectivity index (χ1v) is 13.0. The number of rotatable bonds is 8. The summed E-state index contributed by atoms with van der Waals surface area (Å²) in [6.07, 6.45) is 1.94. The number of piperazine rings is 1. The van der Waals surface area contributed by atoms with Crippen LogP contribution in [0.15, 0.2) is 48.5 Å². The maximum Gasteiger partial charge on any atom is 0.247 e. The molecule has 36 heavy (non-hydrogen) atoms. The molecule has 3 N–H and O–H groups in total. The van der Waals surface area contributed by atoms with Crippen molar-refractivity contribution in [2.75, 3.05) is 12.4 Å². The van der Waals surface area contributed by atoms with Gasteiger partial charge in [-0.25, -0.2) is 0 Å². The molecule has 192 valence electrons. The lowest BCUT2D eigenvalue weighted by Gasteiger charge is -2.45. The lowest BCUT2D eigenvalue weighted by Crippen LogP contribution is -2.67. The van der Waals surface area contributed by atoms with Crippen LogP contribution in [0.3, 0.4) is 0 Å². The van der Waals surface area contributed by atoms with Gasteiger partial charge in [0.1, 0.15) is 18.1 Å². The largest absolute Gasteiger partial charge is 0.388 e. The van der Waals surface area contributed by atoms with Crippen molar-refractivity contribution in [2.24, 2.45) is 11.8 Å². The third kappa shape index (κ3) is 5.25. The Morgan fingerprint density at radius 2 is 1.61 bits per heavy atom. The molecule has 2 aromatic carbocycles. The number of anilines is 1.